The molecule has 0 amide bonds. The zero-order chi connectivity index (χ0) is 11.7. The monoisotopic (exact) mass is 247 g/mol. The van der Waals surface area contributed by atoms with Gasteiger partial charge in [0.05, 0.1) is 29.3 Å². The van der Waals surface area contributed by atoms with E-state index in [-0.39, 0.29) is 0 Å². The molecule has 3 nitrogen and oxygen atoms in total. The topological polar surface area (TPSA) is 29.9 Å². The Morgan fingerprint density at radius 3 is 2.94 bits per heavy atom. The minimum atomic E-state index is 0.667. The Labute approximate surface area is 105 Å². The molecule has 0 unspecified atom stereocenters. The van der Waals surface area contributed by atoms with E-state index in [9.17, 15) is 0 Å². The molecule has 0 radical (unpaired) electrons. The maximum atomic E-state index is 6.09. The molecule has 1 saturated carbocycles. The van der Waals surface area contributed by atoms with Gasteiger partial charge < -0.3 is 9.88 Å². The summed E-state index contributed by atoms with van der Waals surface area (Å²) in [4.78, 5) is 4.21. The summed E-state index contributed by atoms with van der Waals surface area (Å²) in [5.41, 5.74) is 2.19. The van der Waals surface area contributed by atoms with E-state index in [1.165, 1.54) is 18.5 Å². The molecule has 0 bridgehead atoms. The molecule has 1 heterocycles. The third-order valence-corrected chi connectivity index (χ3v) is 3.35. The van der Waals surface area contributed by atoms with Gasteiger partial charge in [-0.1, -0.05) is 23.7 Å². The van der Waals surface area contributed by atoms with E-state index < -0.39 is 0 Å². The molecule has 1 aromatic heterocycles. The normalized spacial score (nSPS) is 14.9. The Kier molecular flexibility index (Phi) is 2.77. The number of halogens is 1. The summed E-state index contributed by atoms with van der Waals surface area (Å²) in [6, 6.07) is 8.46. The zero-order valence-corrected chi connectivity index (χ0v) is 10.2. The molecule has 0 atom stereocenters. The van der Waals surface area contributed by atoms with Gasteiger partial charge in [-0.25, -0.2) is 4.98 Å². The van der Waals surface area contributed by atoms with Gasteiger partial charge in [0.2, 0.25) is 0 Å². The molecule has 1 aliphatic carbocycles. The van der Waals surface area contributed by atoms with E-state index in [1.807, 2.05) is 36.8 Å². The second-order valence-corrected chi connectivity index (χ2v) is 4.76. The summed E-state index contributed by atoms with van der Waals surface area (Å²) in [5, 5.41) is 4.10. The van der Waals surface area contributed by atoms with Crippen molar-refractivity contribution in [1.82, 2.24) is 9.55 Å². The summed E-state index contributed by atoms with van der Waals surface area (Å²) in [6.07, 6.45) is 6.38. The molecule has 1 aliphatic rings. The number of benzene rings is 1. The summed E-state index contributed by atoms with van der Waals surface area (Å²) in [5.74, 6) is 0. The van der Waals surface area contributed by atoms with Crippen LogP contribution in [0.15, 0.2) is 36.8 Å². The average Bonchev–Trinajstić information content (AvgIpc) is 3.08. The number of imidazole rings is 1. The lowest BCUT2D eigenvalue weighted by atomic mass is 10.3. The lowest BCUT2D eigenvalue weighted by molar-refractivity contribution is 0.701. The van der Waals surface area contributed by atoms with Crippen LogP contribution in [-0.4, -0.2) is 9.55 Å². The maximum absolute atomic E-state index is 6.09. The van der Waals surface area contributed by atoms with Crippen LogP contribution in [0, 0.1) is 0 Å². The van der Waals surface area contributed by atoms with Crippen molar-refractivity contribution < 1.29 is 0 Å². The summed E-state index contributed by atoms with van der Waals surface area (Å²) < 4.78 is 2.25. The molecule has 17 heavy (non-hydrogen) atoms. The number of hydrogen-bond donors (Lipinski definition) is 1. The first-order chi connectivity index (χ1) is 8.34. The molecule has 1 fully saturated rings. The number of hydrogen-bond acceptors (Lipinski definition) is 2. The van der Waals surface area contributed by atoms with Crippen molar-refractivity contribution in [2.75, 3.05) is 5.32 Å². The highest BCUT2D eigenvalue weighted by Gasteiger charge is 2.24. The molecule has 1 N–H and O–H groups in total. The van der Waals surface area contributed by atoms with E-state index in [2.05, 4.69) is 14.9 Å². The Hall–Kier alpha value is -1.48. The molecule has 1 aromatic carbocycles. The highest BCUT2D eigenvalue weighted by molar-refractivity contribution is 6.33. The van der Waals surface area contributed by atoms with Crippen LogP contribution in [0.25, 0.3) is 0 Å². The van der Waals surface area contributed by atoms with Crippen molar-refractivity contribution in [1.29, 1.82) is 0 Å². The molecular formula is C13H14ClN3. The van der Waals surface area contributed by atoms with Crippen molar-refractivity contribution in [2.24, 2.45) is 0 Å². The highest BCUT2D eigenvalue weighted by Crippen LogP contribution is 2.35. The number of anilines is 1. The predicted molar refractivity (Wildman–Crippen MR) is 69.3 cm³/mol. The van der Waals surface area contributed by atoms with E-state index in [0.717, 1.165) is 17.3 Å². The Balaban J connectivity index is 1.71. The summed E-state index contributed by atoms with van der Waals surface area (Å²) in [6.45, 7) is 0.764. The van der Waals surface area contributed by atoms with Crippen LogP contribution in [0.1, 0.15) is 24.6 Å². The van der Waals surface area contributed by atoms with E-state index >= 15 is 0 Å². The second-order valence-electron chi connectivity index (χ2n) is 4.36. The zero-order valence-electron chi connectivity index (χ0n) is 9.44. The van der Waals surface area contributed by atoms with Gasteiger partial charge >= 0.3 is 0 Å². The van der Waals surface area contributed by atoms with Gasteiger partial charge in [-0.15, -0.1) is 0 Å². The van der Waals surface area contributed by atoms with Crippen molar-refractivity contribution >= 4 is 17.3 Å². The van der Waals surface area contributed by atoms with Crippen LogP contribution in [-0.2, 0) is 6.54 Å². The number of rotatable bonds is 4. The number of aromatic nitrogens is 2. The van der Waals surface area contributed by atoms with Gasteiger partial charge in [-0.2, -0.15) is 0 Å². The van der Waals surface area contributed by atoms with Crippen LogP contribution in [0.3, 0.4) is 0 Å². The van der Waals surface area contributed by atoms with Gasteiger partial charge in [0.25, 0.3) is 0 Å². The smallest absolute Gasteiger partial charge is 0.0951 e. The second kappa shape index (κ2) is 4.41. The third-order valence-electron chi connectivity index (χ3n) is 3.02. The lowest BCUT2D eigenvalue weighted by Gasteiger charge is -2.10. The first-order valence-electron chi connectivity index (χ1n) is 5.84. The number of nitrogens with zero attached hydrogens (tertiary/aromatic N) is 2. The Bertz CT molecular complexity index is 517. The van der Waals surface area contributed by atoms with E-state index in [4.69, 9.17) is 11.6 Å². The Morgan fingerprint density at radius 1 is 1.35 bits per heavy atom. The standard InChI is InChI=1S/C13H14ClN3/c14-12-3-1-2-4-13(12)16-8-11-7-15-9-17(11)10-5-6-10/h1-4,7,9-10,16H,5-6,8H2. The van der Waals surface area contributed by atoms with Crippen molar-refractivity contribution in [3.8, 4) is 0 Å². The first kappa shape index (κ1) is 10.7. The van der Waals surface area contributed by atoms with Gasteiger partial charge in [0, 0.05) is 12.2 Å². The average molecular weight is 248 g/mol. The quantitative estimate of drug-likeness (QED) is 0.897. The molecular weight excluding hydrogens is 234 g/mol. The Morgan fingerprint density at radius 2 is 2.18 bits per heavy atom. The van der Waals surface area contributed by atoms with Crippen molar-refractivity contribution in [2.45, 2.75) is 25.4 Å². The largest absolute Gasteiger partial charge is 0.378 e. The highest BCUT2D eigenvalue weighted by atomic mass is 35.5. The van der Waals surface area contributed by atoms with Crippen LogP contribution >= 0.6 is 11.6 Å². The number of para-hydroxylation sites is 1. The first-order valence-corrected chi connectivity index (χ1v) is 6.21. The van der Waals surface area contributed by atoms with Gasteiger partial charge in [-0.3, -0.25) is 0 Å². The van der Waals surface area contributed by atoms with Crippen molar-refractivity contribution in [3.05, 3.63) is 47.5 Å². The maximum Gasteiger partial charge on any atom is 0.0951 e. The van der Waals surface area contributed by atoms with E-state index in [0.29, 0.717) is 6.04 Å². The van der Waals surface area contributed by atoms with Gasteiger partial charge in [0.15, 0.2) is 0 Å². The van der Waals surface area contributed by atoms with Crippen molar-refractivity contribution in [3.63, 3.8) is 0 Å². The summed E-state index contributed by atoms with van der Waals surface area (Å²) >= 11 is 6.09. The molecule has 2 aromatic rings. The molecule has 3 rings (SSSR count). The summed E-state index contributed by atoms with van der Waals surface area (Å²) in [7, 11) is 0. The predicted octanol–water partition coefficient (Wildman–Crippen LogP) is 3.48. The minimum Gasteiger partial charge on any atom is -0.378 e. The molecule has 0 saturated heterocycles. The SMILES string of the molecule is Clc1ccccc1NCc1cncn1C1CC1. The molecule has 0 aliphatic heterocycles. The van der Waals surface area contributed by atoms with E-state index in [1.54, 1.807) is 0 Å². The fraction of sp³-hybridized carbons (Fsp3) is 0.308. The molecule has 88 valence electrons. The number of nitrogens with one attached hydrogen (secondary N) is 1. The minimum absolute atomic E-state index is 0.667. The fourth-order valence-electron chi connectivity index (χ4n) is 1.94. The van der Waals surface area contributed by atoms with Crippen LogP contribution in [0.4, 0.5) is 5.69 Å². The van der Waals surface area contributed by atoms with Crippen LogP contribution < -0.4 is 5.32 Å². The van der Waals surface area contributed by atoms with Gasteiger partial charge in [-0.05, 0) is 25.0 Å². The molecule has 4 heteroatoms. The lowest BCUT2D eigenvalue weighted by Crippen LogP contribution is -2.06. The van der Waals surface area contributed by atoms with Gasteiger partial charge in [0.1, 0.15) is 0 Å². The van der Waals surface area contributed by atoms with Crippen LogP contribution in [0.5, 0.6) is 0 Å². The van der Waals surface area contributed by atoms with Crippen LogP contribution in [0.2, 0.25) is 5.02 Å². The molecule has 0 spiro atoms. The third kappa shape index (κ3) is 2.29. The fourth-order valence-corrected chi connectivity index (χ4v) is 2.14.